The molecule has 0 spiro atoms. The van der Waals surface area contributed by atoms with Gasteiger partial charge in [-0.05, 0) is 30.2 Å². The Morgan fingerprint density at radius 1 is 1.15 bits per heavy atom. The molecule has 8 heteroatoms. The first-order chi connectivity index (χ1) is 12.5. The van der Waals surface area contributed by atoms with Gasteiger partial charge in [0.25, 0.3) is 0 Å². The third-order valence-electron chi connectivity index (χ3n) is 3.87. The van der Waals surface area contributed by atoms with Gasteiger partial charge in [-0.15, -0.1) is 0 Å². The number of thiocarbonyl (C=S) groups is 1. The molecule has 2 aromatic carbocycles. The molecule has 0 radical (unpaired) electrons. The van der Waals surface area contributed by atoms with E-state index in [4.69, 9.17) is 23.7 Å². The molecule has 3 aromatic rings. The van der Waals surface area contributed by atoms with Gasteiger partial charge >= 0.3 is 0 Å². The predicted molar refractivity (Wildman–Crippen MR) is 113 cm³/mol. The number of aromatic nitrogens is 2. The summed E-state index contributed by atoms with van der Waals surface area (Å²) in [7, 11) is 0. The average molecular weight is 385 g/mol. The summed E-state index contributed by atoms with van der Waals surface area (Å²) in [5, 5.41) is 0.784. The van der Waals surface area contributed by atoms with Crippen LogP contribution in [-0.2, 0) is 5.75 Å². The Morgan fingerprint density at radius 3 is 2.69 bits per heavy atom. The summed E-state index contributed by atoms with van der Waals surface area (Å²) in [6.45, 7) is 2.03. The molecule has 0 saturated carbocycles. The number of nitrogens with two attached hydrogens (primary N) is 2. The Morgan fingerprint density at radius 2 is 1.92 bits per heavy atom. The van der Waals surface area contributed by atoms with Crippen molar-refractivity contribution in [1.82, 2.24) is 20.8 Å². The molecule has 0 fully saturated rings. The molecule has 0 amide bonds. The highest BCUT2D eigenvalue weighted by Gasteiger charge is 2.10. The van der Waals surface area contributed by atoms with Gasteiger partial charge in [-0.25, -0.2) is 10.4 Å². The van der Waals surface area contributed by atoms with Crippen LogP contribution in [-0.4, -0.2) is 14.3 Å². The van der Waals surface area contributed by atoms with Crippen LogP contribution in [0.25, 0.3) is 10.9 Å². The van der Waals surface area contributed by atoms with Crippen molar-refractivity contribution in [2.24, 2.45) is 0 Å². The van der Waals surface area contributed by atoms with E-state index in [0.717, 1.165) is 22.2 Å². The van der Waals surface area contributed by atoms with Crippen LogP contribution in [0.1, 0.15) is 24.1 Å². The maximum absolute atomic E-state index is 5.95. The number of nitrogen functional groups attached to an aromatic ring is 2. The number of hydrazine groups is 1. The van der Waals surface area contributed by atoms with Crippen LogP contribution in [0.15, 0.2) is 48.5 Å². The average Bonchev–Trinajstić information content (AvgIpc) is 2.65. The van der Waals surface area contributed by atoms with Crippen molar-refractivity contribution in [2.45, 2.75) is 18.7 Å². The third-order valence-corrected chi connectivity index (χ3v) is 5.17. The second kappa shape index (κ2) is 8.31. The lowest BCUT2D eigenvalue weighted by Crippen LogP contribution is -2.36. The monoisotopic (exact) mass is 384 g/mol. The molecule has 3 rings (SSSR count). The number of rotatable bonds is 5. The molecule has 1 aromatic heterocycles. The van der Waals surface area contributed by atoms with E-state index in [-0.39, 0.29) is 12.0 Å². The van der Waals surface area contributed by atoms with Crippen LogP contribution in [0.5, 0.6) is 0 Å². The number of thioether (sulfide) groups is 1. The van der Waals surface area contributed by atoms with Crippen LogP contribution < -0.4 is 22.3 Å². The van der Waals surface area contributed by atoms with E-state index in [9.17, 15) is 0 Å². The van der Waals surface area contributed by atoms with Gasteiger partial charge in [0, 0.05) is 17.2 Å². The first kappa shape index (κ1) is 18.4. The Hall–Kier alpha value is -2.42. The van der Waals surface area contributed by atoms with Crippen LogP contribution >= 0.6 is 24.0 Å². The van der Waals surface area contributed by atoms with Crippen molar-refractivity contribution in [1.29, 1.82) is 0 Å². The molecule has 1 unspecified atom stereocenters. The number of nitrogens with one attached hydrogen (secondary N) is 2. The standard InChI is InChI=1S/C18H20N6S2/c1-11(23-24-18(25)26-10-12-5-3-2-4-6-12)13-7-8-15-14(9-13)16(19)22-17(20)21-15/h2-9,11,23H,10H2,1H3,(H,24,25)(H4,19,20,21,22). The molecule has 0 bridgehead atoms. The minimum Gasteiger partial charge on any atom is -0.383 e. The minimum atomic E-state index is 0.0200. The fourth-order valence-electron chi connectivity index (χ4n) is 2.47. The fraction of sp³-hybridized carbons (Fsp3) is 0.167. The number of hydrogen-bond donors (Lipinski definition) is 4. The maximum Gasteiger partial charge on any atom is 0.222 e. The van der Waals surface area contributed by atoms with Crippen molar-refractivity contribution < 1.29 is 0 Å². The highest BCUT2D eigenvalue weighted by molar-refractivity contribution is 8.22. The van der Waals surface area contributed by atoms with E-state index in [2.05, 4.69) is 33.0 Å². The van der Waals surface area contributed by atoms with Gasteiger partial charge in [0.15, 0.2) is 0 Å². The number of nitrogens with zero attached hydrogens (tertiary/aromatic N) is 2. The fourth-order valence-corrected chi connectivity index (χ4v) is 3.32. The molecule has 6 N–H and O–H groups in total. The largest absolute Gasteiger partial charge is 0.383 e. The zero-order valence-corrected chi connectivity index (χ0v) is 15.9. The molecular formula is C18H20N6S2. The molecule has 1 heterocycles. The van der Waals surface area contributed by atoms with Crippen molar-refractivity contribution in [3.63, 3.8) is 0 Å². The van der Waals surface area contributed by atoms with Gasteiger partial charge in [-0.2, -0.15) is 4.98 Å². The molecule has 0 aliphatic heterocycles. The van der Waals surface area contributed by atoms with E-state index in [0.29, 0.717) is 10.1 Å². The molecule has 26 heavy (non-hydrogen) atoms. The summed E-state index contributed by atoms with van der Waals surface area (Å²) in [6, 6.07) is 16.1. The van der Waals surface area contributed by atoms with Crippen molar-refractivity contribution in [3.8, 4) is 0 Å². The normalized spacial score (nSPS) is 12.0. The van der Waals surface area contributed by atoms with Crippen LogP contribution in [0.2, 0.25) is 0 Å². The van der Waals surface area contributed by atoms with E-state index in [1.807, 2.05) is 43.3 Å². The van der Waals surface area contributed by atoms with E-state index >= 15 is 0 Å². The zero-order chi connectivity index (χ0) is 18.5. The summed E-state index contributed by atoms with van der Waals surface area (Å²) in [6.07, 6.45) is 0. The van der Waals surface area contributed by atoms with Crippen molar-refractivity contribution in [3.05, 3.63) is 59.7 Å². The molecule has 134 valence electrons. The SMILES string of the molecule is CC(NNC(=S)SCc1ccccc1)c1ccc2nc(N)nc(N)c2c1. The summed E-state index contributed by atoms with van der Waals surface area (Å²) in [5.41, 5.74) is 20.9. The summed E-state index contributed by atoms with van der Waals surface area (Å²) >= 11 is 6.95. The van der Waals surface area contributed by atoms with Gasteiger partial charge in [0.05, 0.1) is 5.52 Å². The van der Waals surface area contributed by atoms with Crippen LogP contribution in [0, 0.1) is 0 Å². The highest BCUT2D eigenvalue weighted by Crippen LogP contribution is 2.23. The summed E-state index contributed by atoms with van der Waals surface area (Å²) < 4.78 is 0.692. The number of fused-ring (bicyclic) bond motifs is 1. The molecule has 0 aliphatic carbocycles. The zero-order valence-electron chi connectivity index (χ0n) is 14.3. The molecule has 6 nitrogen and oxygen atoms in total. The Labute approximate surface area is 161 Å². The topological polar surface area (TPSA) is 102 Å². The lowest BCUT2D eigenvalue weighted by Gasteiger charge is -2.17. The van der Waals surface area contributed by atoms with Crippen molar-refractivity contribution >= 4 is 51.0 Å². The van der Waals surface area contributed by atoms with Crippen LogP contribution in [0.3, 0.4) is 0 Å². The molecule has 0 aliphatic rings. The summed E-state index contributed by atoms with van der Waals surface area (Å²) in [4.78, 5) is 8.20. The quantitative estimate of drug-likeness (QED) is 0.393. The Kier molecular flexibility index (Phi) is 5.87. The molecule has 0 saturated heterocycles. The number of anilines is 2. The Bertz CT molecular complexity index is 916. The first-order valence-electron chi connectivity index (χ1n) is 8.08. The lowest BCUT2D eigenvalue weighted by atomic mass is 10.1. The Balaban J connectivity index is 1.58. The van der Waals surface area contributed by atoms with Gasteiger partial charge in [-0.3, -0.25) is 0 Å². The number of benzene rings is 2. The van der Waals surface area contributed by atoms with E-state index < -0.39 is 0 Å². The maximum atomic E-state index is 5.95. The van der Waals surface area contributed by atoms with E-state index in [1.165, 1.54) is 5.56 Å². The molecule has 1 atom stereocenters. The van der Waals surface area contributed by atoms with Gasteiger partial charge in [0.1, 0.15) is 10.1 Å². The first-order valence-corrected chi connectivity index (χ1v) is 9.47. The van der Waals surface area contributed by atoms with E-state index in [1.54, 1.807) is 11.8 Å². The van der Waals surface area contributed by atoms with Gasteiger partial charge in [0.2, 0.25) is 5.95 Å². The minimum absolute atomic E-state index is 0.0200. The highest BCUT2D eigenvalue weighted by atomic mass is 32.2. The van der Waals surface area contributed by atoms with Gasteiger partial charge in [-0.1, -0.05) is 60.4 Å². The smallest absolute Gasteiger partial charge is 0.222 e. The molecular weight excluding hydrogens is 364 g/mol. The predicted octanol–water partition coefficient (Wildman–Crippen LogP) is 3.17. The van der Waals surface area contributed by atoms with Crippen molar-refractivity contribution in [2.75, 3.05) is 11.5 Å². The summed E-state index contributed by atoms with van der Waals surface area (Å²) in [5.74, 6) is 1.38. The second-order valence-corrected chi connectivity index (χ2v) is 7.45. The third kappa shape index (κ3) is 4.60. The van der Waals surface area contributed by atoms with Gasteiger partial charge < -0.3 is 16.9 Å². The van der Waals surface area contributed by atoms with Crippen LogP contribution in [0.4, 0.5) is 11.8 Å². The number of hydrogen-bond acceptors (Lipinski definition) is 7. The lowest BCUT2D eigenvalue weighted by molar-refractivity contribution is 0.551. The second-order valence-electron chi connectivity index (χ2n) is 5.80.